The average Bonchev–Trinajstić information content (AvgIpc) is 2.99. The largest absolute Gasteiger partial charge is 0.381 e. The molecule has 112 valence electrons. The van der Waals surface area contributed by atoms with Crippen molar-refractivity contribution in [3.8, 4) is 0 Å². The topological polar surface area (TPSA) is 36.3 Å². The van der Waals surface area contributed by atoms with E-state index in [1.54, 1.807) is 0 Å². The summed E-state index contributed by atoms with van der Waals surface area (Å²) in [5.41, 5.74) is 2.56. The molecule has 4 rings (SSSR count). The van der Waals surface area contributed by atoms with Gasteiger partial charge in [-0.15, -0.1) is 0 Å². The first kappa shape index (κ1) is 13.3. The second-order valence-corrected chi connectivity index (χ2v) is 6.14. The summed E-state index contributed by atoms with van der Waals surface area (Å²) in [6.07, 6.45) is 7.93. The highest BCUT2D eigenvalue weighted by atomic mass is 16.5. The van der Waals surface area contributed by atoms with Crippen LogP contribution in [0.3, 0.4) is 0 Å². The molecule has 0 N–H and O–H groups in total. The van der Waals surface area contributed by atoms with Crippen molar-refractivity contribution >= 4 is 10.9 Å². The van der Waals surface area contributed by atoms with Crippen LogP contribution < -0.4 is 0 Å². The van der Waals surface area contributed by atoms with Crippen molar-refractivity contribution < 1.29 is 9.47 Å². The summed E-state index contributed by atoms with van der Waals surface area (Å²) in [4.78, 5) is 0. The van der Waals surface area contributed by atoms with Gasteiger partial charge in [0.1, 0.15) is 0 Å². The molecule has 0 saturated carbocycles. The lowest BCUT2D eigenvalue weighted by molar-refractivity contribution is -0.0366. The fourth-order valence-corrected chi connectivity index (χ4v) is 3.48. The summed E-state index contributed by atoms with van der Waals surface area (Å²) < 4.78 is 13.5. The first-order chi connectivity index (χ1) is 10.4. The van der Waals surface area contributed by atoms with E-state index in [2.05, 4.69) is 28.0 Å². The van der Waals surface area contributed by atoms with E-state index in [-0.39, 0.29) is 6.23 Å². The zero-order valence-corrected chi connectivity index (χ0v) is 12.3. The monoisotopic (exact) mass is 286 g/mol. The summed E-state index contributed by atoms with van der Waals surface area (Å²) in [7, 11) is 0. The lowest BCUT2D eigenvalue weighted by Gasteiger charge is -2.24. The smallest absolute Gasteiger partial charge is 0.150 e. The summed E-state index contributed by atoms with van der Waals surface area (Å²) in [5, 5.41) is 5.78. The number of rotatable bonds is 2. The van der Waals surface area contributed by atoms with Gasteiger partial charge in [0.05, 0.1) is 18.3 Å². The second kappa shape index (κ2) is 5.78. The third-order valence-electron chi connectivity index (χ3n) is 4.68. The molecule has 2 fully saturated rings. The molecular weight excluding hydrogens is 264 g/mol. The number of aromatic nitrogens is 2. The molecule has 0 aliphatic carbocycles. The Bertz CT molecular complexity index is 610. The van der Waals surface area contributed by atoms with E-state index >= 15 is 0 Å². The Morgan fingerprint density at radius 1 is 1.10 bits per heavy atom. The van der Waals surface area contributed by atoms with Gasteiger partial charge < -0.3 is 9.47 Å². The van der Waals surface area contributed by atoms with E-state index in [9.17, 15) is 0 Å². The molecule has 0 bridgehead atoms. The minimum Gasteiger partial charge on any atom is -0.381 e. The van der Waals surface area contributed by atoms with Gasteiger partial charge in [-0.3, -0.25) is 0 Å². The average molecular weight is 286 g/mol. The Morgan fingerprint density at radius 2 is 2.10 bits per heavy atom. The Morgan fingerprint density at radius 3 is 2.90 bits per heavy atom. The van der Waals surface area contributed by atoms with Crippen molar-refractivity contribution in [3.05, 3.63) is 30.0 Å². The van der Waals surface area contributed by atoms with Gasteiger partial charge in [0.15, 0.2) is 6.23 Å². The van der Waals surface area contributed by atoms with Gasteiger partial charge in [-0.05, 0) is 49.8 Å². The second-order valence-electron chi connectivity index (χ2n) is 6.14. The number of benzene rings is 1. The Hall–Kier alpha value is -1.39. The molecule has 4 heteroatoms. The lowest BCUT2D eigenvalue weighted by Crippen LogP contribution is -2.19. The van der Waals surface area contributed by atoms with Gasteiger partial charge in [-0.2, -0.15) is 5.10 Å². The van der Waals surface area contributed by atoms with Crippen molar-refractivity contribution in [2.24, 2.45) is 0 Å². The fourth-order valence-electron chi connectivity index (χ4n) is 3.48. The molecule has 0 amide bonds. The van der Waals surface area contributed by atoms with Crippen LogP contribution in [-0.4, -0.2) is 29.6 Å². The van der Waals surface area contributed by atoms with Crippen LogP contribution in [0.25, 0.3) is 10.9 Å². The van der Waals surface area contributed by atoms with Gasteiger partial charge in [-0.25, -0.2) is 4.68 Å². The number of hydrogen-bond donors (Lipinski definition) is 0. The zero-order valence-electron chi connectivity index (χ0n) is 12.3. The molecule has 2 unspecified atom stereocenters. The molecule has 0 spiro atoms. The predicted molar refractivity (Wildman–Crippen MR) is 81.4 cm³/mol. The van der Waals surface area contributed by atoms with Crippen molar-refractivity contribution in [1.82, 2.24) is 9.78 Å². The highest BCUT2D eigenvalue weighted by molar-refractivity contribution is 5.79. The Labute approximate surface area is 125 Å². The molecule has 2 saturated heterocycles. The molecular formula is C17H22N2O2. The van der Waals surface area contributed by atoms with Crippen LogP contribution in [0.1, 0.15) is 49.8 Å². The molecule has 1 aromatic heterocycles. The minimum atomic E-state index is 0.111. The maximum absolute atomic E-state index is 5.86. The quantitative estimate of drug-likeness (QED) is 0.846. The first-order valence-corrected chi connectivity index (χ1v) is 8.08. The highest BCUT2D eigenvalue weighted by Crippen LogP contribution is 2.30. The zero-order chi connectivity index (χ0) is 14.1. The molecule has 1 aromatic carbocycles. The van der Waals surface area contributed by atoms with Crippen LogP contribution in [0.2, 0.25) is 0 Å². The summed E-state index contributed by atoms with van der Waals surface area (Å²) in [6, 6.07) is 6.72. The van der Waals surface area contributed by atoms with Crippen molar-refractivity contribution in [2.75, 3.05) is 19.8 Å². The number of ether oxygens (including phenoxy) is 2. The molecule has 4 nitrogen and oxygen atoms in total. The molecule has 0 radical (unpaired) electrons. The van der Waals surface area contributed by atoms with Crippen LogP contribution in [0.5, 0.6) is 0 Å². The predicted octanol–water partition coefficient (Wildman–Crippen LogP) is 3.63. The van der Waals surface area contributed by atoms with Crippen LogP contribution in [0.4, 0.5) is 0 Å². The minimum absolute atomic E-state index is 0.111. The van der Waals surface area contributed by atoms with Gasteiger partial charge in [-0.1, -0.05) is 6.07 Å². The molecule has 3 heterocycles. The van der Waals surface area contributed by atoms with Gasteiger partial charge in [0.2, 0.25) is 0 Å². The maximum Gasteiger partial charge on any atom is 0.150 e. The molecule has 2 aliphatic heterocycles. The maximum atomic E-state index is 5.86. The van der Waals surface area contributed by atoms with E-state index in [0.717, 1.165) is 32.7 Å². The van der Waals surface area contributed by atoms with E-state index in [0.29, 0.717) is 5.92 Å². The third kappa shape index (κ3) is 2.58. The van der Waals surface area contributed by atoms with Crippen LogP contribution >= 0.6 is 0 Å². The normalized spacial score (nSPS) is 27.0. The van der Waals surface area contributed by atoms with E-state index in [1.807, 2.05) is 6.20 Å². The van der Waals surface area contributed by atoms with Crippen molar-refractivity contribution in [3.63, 3.8) is 0 Å². The number of fused-ring (bicyclic) bond motifs is 1. The highest BCUT2D eigenvalue weighted by Gasteiger charge is 2.20. The molecule has 2 aromatic rings. The fraction of sp³-hybridized carbons (Fsp3) is 0.588. The van der Waals surface area contributed by atoms with Crippen molar-refractivity contribution in [2.45, 2.75) is 44.2 Å². The van der Waals surface area contributed by atoms with Gasteiger partial charge in [0, 0.05) is 24.5 Å². The molecule has 2 aliphatic rings. The summed E-state index contributed by atoms with van der Waals surface area (Å²) >= 11 is 0. The first-order valence-electron chi connectivity index (χ1n) is 8.08. The third-order valence-corrected chi connectivity index (χ3v) is 4.68. The van der Waals surface area contributed by atoms with Crippen LogP contribution in [0.15, 0.2) is 24.4 Å². The van der Waals surface area contributed by atoms with Gasteiger partial charge in [0.25, 0.3) is 0 Å². The Kier molecular flexibility index (Phi) is 3.65. The summed E-state index contributed by atoms with van der Waals surface area (Å²) in [6.45, 7) is 2.62. The van der Waals surface area contributed by atoms with Crippen molar-refractivity contribution in [1.29, 1.82) is 0 Å². The van der Waals surface area contributed by atoms with Gasteiger partial charge >= 0.3 is 0 Å². The Balaban J connectivity index is 1.63. The number of hydrogen-bond acceptors (Lipinski definition) is 3. The molecule has 2 atom stereocenters. The number of nitrogens with zero attached hydrogens (tertiary/aromatic N) is 2. The standard InChI is InChI=1S/C17H22N2O2/c1-2-9-21-17(5-1)19-16-7-6-13(10-15(16)11-18-19)14-4-3-8-20-12-14/h6-7,10-11,14,17H,1-5,8-9,12H2. The van der Waals surface area contributed by atoms with E-state index in [4.69, 9.17) is 9.47 Å². The van der Waals surface area contributed by atoms with Crippen LogP contribution in [0, 0.1) is 0 Å². The lowest BCUT2D eigenvalue weighted by atomic mass is 9.93. The molecule has 21 heavy (non-hydrogen) atoms. The SMILES string of the molecule is c1cc2c(cnn2C2CCCCO2)cc1C1CCCOC1. The summed E-state index contributed by atoms with van der Waals surface area (Å²) in [5.74, 6) is 0.539. The van der Waals surface area contributed by atoms with E-state index in [1.165, 1.54) is 35.7 Å². The van der Waals surface area contributed by atoms with E-state index < -0.39 is 0 Å². The van der Waals surface area contributed by atoms with Crippen LogP contribution in [-0.2, 0) is 9.47 Å².